The van der Waals surface area contributed by atoms with Crippen LogP contribution in [0.1, 0.15) is 40.0 Å². The van der Waals surface area contributed by atoms with E-state index in [4.69, 9.17) is 9.47 Å². The van der Waals surface area contributed by atoms with Crippen LogP contribution in [0.5, 0.6) is 11.5 Å². The number of benzene rings is 1. The van der Waals surface area contributed by atoms with Crippen LogP contribution in [0.4, 0.5) is 5.69 Å². The molecular weight excluding hydrogens is 226 g/mol. The molecule has 102 valence electrons. The van der Waals surface area contributed by atoms with Crippen LogP contribution in [0, 0.1) is 0 Å². The molecular formula is C15H25NO2. The zero-order chi connectivity index (χ0) is 13.2. The highest BCUT2D eigenvalue weighted by Gasteiger charge is 2.06. The van der Waals surface area contributed by atoms with Crippen molar-refractivity contribution < 1.29 is 9.47 Å². The molecule has 0 heterocycles. The van der Waals surface area contributed by atoms with E-state index < -0.39 is 0 Å². The topological polar surface area (TPSA) is 30.5 Å². The molecule has 0 aliphatic rings. The average molecular weight is 251 g/mol. The second kappa shape index (κ2) is 8.67. The second-order valence-corrected chi connectivity index (χ2v) is 4.29. The minimum atomic E-state index is 0.722. The lowest BCUT2D eigenvalue weighted by molar-refractivity contribution is 0.268. The van der Waals surface area contributed by atoms with Gasteiger partial charge in [0.15, 0.2) is 11.5 Å². The molecule has 1 rings (SSSR count). The van der Waals surface area contributed by atoms with E-state index in [-0.39, 0.29) is 0 Å². The molecule has 1 aromatic rings. The van der Waals surface area contributed by atoms with Crippen molar-refractivity contribution in [2.24, 2.45) is 0 Å². The van der Waals surface area contributed by atoms with Gasteiger partial charge in [-0.1, -0.05) is 20.8 Å². The Balaban J connectivity index is 2.74. The van der Waals surface area contributed by atoms with Crippen LogP contribution < -0.4 is 14.8 Å². The zero-order valence-electron chi connectivity index (χ0n) is 11.8. The molecule has 3 nitrogen and oxygen atoms in total. The summed E-state index contributed by atoms with van der Waals surface area (Å²) in [7, 11) is 0. The van der Waals surface area contributed by atoms with Gasteiger partial charge in [0.05, 0.1) is 13.2 Å². The van der Waals surface area contributed by atoms with Crippen molar-refractivity contribution in [3.63, 3.8) is 0 Å². The van der Waals surface area contributed by atoms with E-state index in [9.17, 15) is 0 Å². The number of nitrogens with one attached hydrogen (secondary N) is 1. The van der Waals surface area contributed by atoms with Crippen molar-refractivity contribution in [3.05, 3.63) is 18.2 Å². The van der Waals surface area contributed by atoms with E-state index in [1.165, 1.54) is 0 Å². The fourth-order valence-corrected chi connectivity index (χ4v) is 1.54. The van der Waals surface area contributed by atoms with E-state index in [1.54, 1.807) is 0 Å². The molecule has 0 aromatic heterocycles. The maximum absolute atomic E-state index is 5.74. The van der Waals surface area contributed by atoms with Gasteiger partial charge in [0.1, 0.15) is 0 Å². The Labute approximate surface area is 110 Å². The summed E-state index contributed by atoms with van der Waals surface area (Å²) in [6, 6.07) is 6.05. The monoisotopic (exact) mass is 251 g/mol. The maximum atomic E-state index is 5.74. The summed E-state index contributed by atoms with van der Waals surface area (Å²) in [5, 5.41) is 3.36. The summed E-state index contributed by atoms with van der Waals surface area (Å²) in [6.07, 6.45) is 3.11. The van der Waals surface area contributed by atoms with Gasteiger partial charge < -0.3 is 14.8 Å². The van der Waals surface area contributed by atoms with Crippen molar-refractivity contribution in [1.82, 2.24) is 0 Å². The predicted molar refractivity (Wildman–Crippen MR) is 76.8 cm³/mol. The number of rotatable bonds is 9. The van der Waals surface area contributed by atoms with Gasteiger partial charge in [-0.15, -0.1) is 0 Å². The normalized spacial score (nSPS) is 10.2. The van der Waals surface area contributed by atoms with E-state index in [1.807, 2.05) is 18.2 Å². The molecule has 0 saturated carbocycles. The van der Waals surface area contributed by atoms with Crippen LogP contribution in [-0.4, -0.2) is 19.8 Å². The SMILES string of the molecule is CCCNc1ccc(OCCC)c(OCCC)c1. The van der Waals surface area contributed by atoms with Crippen molar-refractivity contribution in [3.8, 4) is 11.5 Å². The summed E-state index contributed by atoms with van der Waals surface area (Å²) in [4.78, 5) is 0. The van der Waals surface area contributed by atoms with Gasteiger partial charge in [-0.05, 0) is 31.4 Å². The number of hydrogen-bond acceptors (Lipinski definition) is 3. The van der Waals surface area contributed by atoms with Crippen LogP contribution in [0.15, 0.2) is 18.2 Å². The number of ether oxygens (including phenoxy) is 2. The average Bonchev–Trinajstić information content (AvgIpc) is 2.41. The van der Waals surface area contributed by atoms with Gasteiger partial charge in [0.2, 0.25) is 0 Å². The highest BCUT2D eigenvalue weighted by molar-refractivity contribution is 5.54. The second-order valence-electron chi connectivity index (χ2n) is 4.29. The van der Waals surface area contributed by atoms with Crippen molar-refractivity contribution in [1.29, 1.82) is 0 Å². The fourth-order valence-electron chi connectivity index (χ4n) is 1.54. The van der Waals surface area contributed by atoms with Crippen LogP contribution in [0.3, 0.4) is 0 Å². The van der Waals surface area contributed by atoms with Gasteiger partial charge in [-0.3, -0.25) is 0 Å². The van der Waals surface area contributed by atoms with Gasteiger partial charge in [-0.2, -0.15) is 0 Å². The summed E-state index contributed by atoms with van der Waals surface area (Å²) < 4.78 is 11.4. The van der Waals surface area contributed by atoms with E-state index in [2.05, 4.69) is 26.1 Å². The predicted octanol–water partition coefficient (Wildman–Crippen LogP) is 4.09. The molecule has 0 saturated heterocycles. The van der Waals surface area contributed by atoms with Gasteiger partial charge in [0.25, 0.3) is 0 Å². The third-order valence-electron chi connectivity index (χ3n) is 2.45. The molecule has 3 heteroatoms. The first-order chi connectivity index (χ1) is 8.81. The Hall–Kier alpha value is -1.38. The van der Waals surface area contributed by atoms with Gasteiger partial charge in [0, 0.05) is 18.3 Å². The molecule has 0 atom stereocenters. The lowest BCUT2D eigenvalue weighted by Gasteiger charge is -2.14. The molecule has 0 spiro atoms. The number of hydrogen-bond donors (Lipinski definition) is 1. The van der Waals surface area contributed by atoms with E-state index in [0.717, 1.165) is 56.2 Å². The van der Waals surface area contributed by atoms with Crippen LogP contribution in [-0.2, 0) is 0 Å². The molecule has 0 bridgehead atoms. The molecule has 0 aliphatic heterocycles. The first-order valence-corrected chi connectivity index (χ1v) is 6.95. The molecule has 18 heavy (non-hydrogen) atoms. The number of anilines is 1. The molecule has 1 N–H and O–H groups in total. The van der Waals surface area contributed by atoms with E-state index >= 15 is 0 Å². The molecule has 0 amide bonds. The first kappa shape index (κ1) is 14.7. The van der Waals surface area contributed by atoms with Crippen molar-refractivity contribution in [2.75, 3.05) is 25.1 Å². The summed E-state index contributed by atoms with van der Waals surface area (Å²) in [5.74, 6) is 1.68. The Morgan fingerprint density at radius 3 is 2.17 bits per heavy atom. The Kier molecular flexibility index (Phi) is 7.07. The zero-order valence-corrected chi connectivity index (χ0v) is 11.8. The standard InChI is InChI=1S/C15H25NO2/c1-4-9-16-13-7-8-14(17-10-5-2)15(12-13)18-11-6-3/h7-8,12,16H,4-6,9-11H2,1-3H3. The maximum Gasteiger partial charge on any atom is 0.163 e. The molecule has 1 aromatic carbocycles. The molecule has 0 radical (unpaired) electrons. The summed E-state index contributed by atoms with van der Waals surface area (Å²) >= 11 is 0. The largest absolute Gasteiger partial charge is 0.490 e. The highest BCUT2D eigenvalue weighted by Crippen LogP contribution is 2.30. The van der Waals surface area contributed by atoms with Gasteiger partial charge >= 0.3 is 0 Å². The van der Waals surface area contributed by atoms with Crippen LogP contribution >= 0.6 is 0 Å². The Morgan fingerprint density at radius 2 is 1.56 bits per heavy atom. The van der Waals surface area contributed by atoms with Crippen LogP contribution in [0.2, 0.25) is 0 Å². The molecule has 0 fully saturated rings. The van der Waals surface area contributed by atoms with E-state index in [0.29, 0.717) is 0 Å². The lowest BCUT2D eigenvalue weighted by atomic mass is 10.2. The fraction of sp³-hybridized carbons (Fsp3) is 0.600. The lowest BCUT2D eigenvalue weighted by Crippen LogP contribution is -2.04. The van der Waals surface area contributed by atoms with Crippen molar-refractivity contribution >= 4 is 5.69 Å². The van der Waals surface area contributed by atoms with Gasteiger partial charge in [-0.25, -0.2) is 0 Å². The smallest absolute Gasteiger partial charge is 0.163 e. The quantitative estimate of drug-likeness (QED) is 0.717. The highest BCUT2D eigenvalue weighted by atomic mass is 16.5. The third-order valence-corrected chi connectivity index (χ3v) is 2.45. The minimum Gasteiger partial charge on any atom is -0.490 e. The summed E-state index contributed by atoms with van der Waals surface area (Å²) in [5.41, 5.74) is 1.09. The molecule has 0 aliphatic carbocycles. The summed E-state index contributed by atoms with van der Waals surface area (Å²) in [6.45, 7) is 8.78. The Morgan fingerprint density at radius 1 is 0.889 bits per heavy atom. The third kappa shape index (κ3) is 4.86. The van der Waals surface area contributed by atoms with Crippen LogP contribution in [0.25, 0.3) is 0 Å². The molecule has 0 unspecified atom stereocenters. The minimum absolute atomic E-state index is 0.722. The Bertz CT molecular complexity index is 339. The first-order valence-electron chi connectivity index (χ1n) is 6.95. The van der Waals surface area contributed by atoms with Crippen molar-refractivity contribution in [2.45, 2.75) is 40.0 Å².